The van der Waals surface area contributed by atoms with Gasteiger partial charge < -0.3 is 20.4 Å². The average Bonchev–Trinajstić information content (AvgIpc) is 2.60. The van der Waals surface area contributed by atoms with Crippen LogP contribution in [0, 0.1) is 0 Å². The molecule has 0 saturated carbocycles. The lowest BCUT2D eigenvalue weighted by Crippen LogP contribution is -2.52. The SMILES string of the molecule is CC(C)NC(=NCC(=O)N(C)C)NC1CCCN(c2ncccn2)C1.I. The Balaban J connectivity index is 0.00000338. The number of aromatic nitrogens is 2. The Labute approximate surface area is 172 Å². The van der Waals surface area contributed by atoms with Gasteiger partial charge >= 0.3 is 0 Å². The number of anilines is 1. The van der Waals surface area contributed by atoms with Crippen LogP contribution in [0.5, 0.6) is 0 Å². The van der Waals surface area contributed by atoms with Crippen LogP contribution in [0.15, 0.2) is 23.5 Å². The average molecular weight is 475 g/mol. The number of nitrogens with zero attached hydrogens (tertiary/aromatic N) is 5. The van der Waals surface area contributed by atoms with Crippen LogP contribution in [0.25, 0.3) is 0 Å². The summed E-state index contributed by atoms with van der Waals surface area (Å²) < 4.78 is 0. The number of nitrogens with one attached hydrogen (secondary N) is 2. The van der Waals surface area contributed by atoms with Crippen molar-refractivity contribution in [1.29, 1.82) is 0 Å². The van der Waals surface area contributed by atoms with Crippen molar-refractivity contribution < 1.29 is 4.79 Å². The second kappa shape index (κ2) is 11.1. The Bertz CT molecular complexity index is 580. The highest BCUT2D eigenvalue weighted by Crippen LogP contribution is 2.15. The van der Waals surface area contributed by atoms with E-state index in [1.54, 1.807) is 31.4 Å². The molecular formula is C17H30IN7O. The minimum absolute atomic E-state index is 0. The van der Waals surface area contributed by atoms with Gasteiger partial charge in [0.2, 0.25) is 11.9 Å². The van der Waals surface area contributed by atoms with E-state index in [0.717, 1.165) is 31.9 Å². The molecule has 1 amide bonds. The molecule has 1 atom stereocenters. The summed E-state index contributed by atoms with van der Waals surface area (Å²) in [5.74, 6) is 1.41. The molecule has 2 heterocycles. The van der Waals surface area contributed by atoms with Gasteiger partial charge in [-0.05, 0) is 32.8 Å². The number of carbonyl (C=O) groups excluding carboxylic acids is 1. The lowest BCUT2D eigenvalue weighted by molar-refractivity contribution is -0.127. The Morgan fingerprint density at radius 1 is 1.38 bits per heavy atom. The Hall–Kier alpha value is -1.65. The van der Waals surface area contributed by atoms with Crippen LogP contribution in [0.1, 0.15) is 26.7 Å². The van der Waals surface area contributed by atoms with Gasteiger partial charge in [0.1, 0.15) is 6.54 Å². The molecule has 8 nitrogen and oxygen atoms in total. The van der Waals surface area contributed by atoms with E-state index in [0.29, 0.717) is 5.96 Å². The Morgan fingerprint density at radius 3 is 2.69 bits per heavy atom. The van der Waals surface area contributed by atoms with Gasteiger partial charge in [-0.1, -0.05) is 0 Å². The summed E-state index contributed by atoms with van der Waals surface area (Å²) in [4.78, 5) is 28.6. The van der Waals surface area contributed by atoms with Gasteiger partial charge in [-0.3, -0.25) is 4.79 Å². The quantitative estimate of drug-likeness (QED) is 0.377. The first-order chi connectivity index (χ1) is 12.0. The van der Waals surface area contributed by atoms with Gasteiger partial charge in [0, 0.05) is 51.7 Å². The molecule has 1 fully saturated rings. The summed E-state index contributed by atoms with van der Waals surface area (Å²) in [6.07, 6.45) is 5.63. The molecule has 0 bridgehead atoms. The van der Waals surface area contributed by atoms with Gasteiger partial charge in [-0.15, -0.1) is 24.0 Å². The van der Waals surface area contributed by atoms with Gasteiger partial charge in [-0.25, -0.2) is 15.0 Å². The van der Waals surface area contributed by atoms with E-state index in [1.165, 1.54) is 0 Å². The number of halogens is 1. The Kier molecular flexibility index (Phi) is 9.60. The second-order valence-corrected chi connectivity index (χ2v) is 6.73. The van der Waals surface area contributed by atoms with E-state index in [1.807, 2.05) is 6.07 Å². The third-order valence-corrected chi connectivity index (χ3v) is 3.89. The molecule has 146 valence electrons. The number of carbonyl (C=O) groups is 1. The zero-order valence-corrected chi connectivity index (χ0v) is 18.3. The van der Waals surface area contributed by atoms with Crippen LogP contribution < -0.4 is 15.5 Å². The third kappa shape index (κ3) is 7.30. The van der Waals surface area contributed by atoms with Gasteiger partial charge in [0.05, 0.1) is 0 Å². The summed E-state index contributed by atoms with van der Waals surface area (Å²) in [6, 6.07) is 2.29. The molecule has 0 radical (unpaired) electrons. The smallest absolute Gasteiger partial charge is 0.243 e. The predicted molar refractivity (Wildman–Crippen MR) is 115 cm³/mol. The predicted octanol–water partition coefficient (Wildman–Crippen LogP) is 1.10. The fourth-order valence-corrected chi connectivity index (χ4v) is 2.62. The standard InChI is InChI=1S/C17H29N7O.HI/c1-13(2)21-16(20-11-15(25)23(3)4)22-14-7-5-10-24(12-14)17-18-8-6-9-19-17;/h6,8-9,13-14H,5,7,10-12H2,1-4H3,(H2,20,21,22);1H. The molecule has 9 heteroatoms. The maximum atomic E-state index is 11.8. The van der Waals surface area contributed by atoms with Gasteiger partial charge in [0.15, 0.2) is 5.96 Å². The molecule has 1 aliphatic rings. The van der Waals surface area contributed by atoms with Crippen molar-refractivity contribution in [3.63, 3.8) is 0 Å². The molecule has 1 aromatic heterocycles. The first-order valence-corrected chi connectivity index (χ1v) is 8.75. The summed E-state index contributed by atoms with van der Waals surface area (Å²) in [7, 11) is 3.47. The number of piperidine rings is 1. The molecule has 2 rings (SSSR count). The lowest BCUT2D eigenvalue weighted by Gasteiger charge is -2.34. The zero-order chi connectivity index (χ0) is 18.2. The monoisotopic (exact) mass is 475 g/mol. The van der Waals surface area contributed by atoms with Crippen molar-refractivity contribution in [2.75, 3.05) is 38.6 Å². The van der Waals surface area contributed by atoms with Crippen LogP contribution in [0.2, 0.25) is 0 Å². The first kappa shape index (κ1) is 22.4. The molecule has 1 aliphatic heterocycles. The van der Waals surface area contributed by atoms with Crippen molar-refractivity contribution in [1.82, 2.24) is 25.5 Å². The zero-order valence-electron chi connectivity index (χ0n) is 16.0. The maximum absolute atomic E-state index is 11.8. The topological polar surface area (TPSA) is 85.8 Å². The van der Waals surface area contributed by atoms with Crippen molar-refractivity contribution in [3.05, 3.63) is 18.5 Å². The number of rotatable bonds is 5. The molecular weight excluding hydrogens is 445 g/mol. The highest BCUT2D eigenvalue weighted by Gasteiger charge is 2.22. The molecule has 0 aliphatic carbocycles. The van der Waals surface area contributed by atoms with Crippen LogP contribution in [-0.4, -0.2) is 72.5 Å². The van der Waals surface area contributed by atoms with E-state index < -0.39 is 0 Å². The van der Waals surface area contributed by atoms with E-state index in [9.17, 15) is 4.79 Å². The van der Waals surface area contributed by atoms with Crippen molar-refractivity contribution in [2.24, 2.45) is 4.99 Å². The van der Waals surface area contributed by atoms with E-state index in [-0.39, 0.29) is 48.5 Å². The van der Waals surface area contributed by atoms with E-state index in [2.05, 4.69) is 44.3 Å². The minimum Gasteiger partial charge on any atom is -0.354 e. The summed E-state index contributed by atoms with van der Waals surface area (Å²) in [5.41, 5.74) is 0. The fraction of sp³-hybridized carbons (Fsp3) is 0.647. The molecule has 1 aromatic rings. The normalized spacial score (nSPS) is 17.5. The molecule has 2 N–H and O–H groups in total. The molecule has 0 aromatic carbocycles. The number of likely N-dealkylation sites (N-methyl/N-ethyl adjacent to an activating group) is 1. The summed E-state index contributed by atoms with van der Waals surface area (Å²) >= 11 is 0. The number of aliphatic imine (C=N–C) groups is 1. The second-order valence-electron chi connectivity index (χ2n) is 6.73. The van der Waals surface area contributed by atoms with Crippen LogP contribution >= 0.6 is 24.0 Å². The van der Waals surface area contributed by atoms with Crippen molar-refractivity contribution >= 4 is 41.8 Å². The number of hydrogen-bond acceptors (Lipinski definition) is 5. The number of hydrogen-bond donors (Lipinski definition) is 2. The van der Waals surface area contributed by atoms with Gasteiger partial charge in [0.25, 0.3) is 0 Å². The minimum atomic E-state index is -0.0205. The van der Waals surface area contributed by atoms with E-state index in [4.69, 9.17) is 0 Å². The molecule has 1 saturated heterocycles. The highest BCUT2D eigenvalue weighted by atomic mass is 127. The number of amides is 1. The van der Waals surface area contributed by atoms with E-state index >= 15 is 0 Å². The number of guanidine groups is 1. The highest BCUT2D eigenvalue weighted by molar-refractivity contribution is 14.0. The largest absolute Gasteiger partial charge is 0.354 e. The summed E-state index contributed by atoms with van der Waals surface area (Å²) in [5, 5.41) is 6.75. The maximum Gasteiger partial charge on any atom is 0.243 e. The lowest BCUT2D eigenvalue weighted by atomic mass is 10.1. The summed E-state index contributed by atoms with van der Waals surface area (Å²) in [6.45, 7) is 6.00. The van der Waals surface area contributed by atoms with Crippen molar-refractivity contribution in [3.8, 4) is 0 Å². The Morgan fingerprint density at radius 2 is 2.08 bits per heavy atom. The first-order valence-electron chi connectivity index (χ1n) is 8.75. The van der Waals surface area contributed by atoms with Gasteiger partial charge in [-0.2, -0.15) is 0 Å². The molecule has 26 heavy (non-hydrogen) atoms. The fourth-order valence-electron chi connectivity index (χ4n) is 2.62. The van der Waals surface area contributed by atoms with Crippen LogP contribution in [-0.2, 0) is 4.79 Å². The van der Waals surface area contributed by atoms with Crippen LogP contribution in [0.4, 0.5) is 5.95 Å². The molecule has 1 unspecified atom stereocenters. The molecule has 0 spiro atoms. The third-order valence-electron chi connectivity index (χ3n) is 3.89. The van der Waals surface area contributed by atoms with Crippen molar-refractivity contribution in [2.45, 2.75) is 38.8 Å². The van der Waals surface area contributed by atoms with Crippen LogP contribution in [0.3, 0.4) is 0 Å².